The van der Waals surface area contributed by atoms with Crippen LogP contribution >= 0.6 is 22.7 Å². The summed E-state index contributed by atoms with van der Waals surface area (Å²) < 4.78 is 32.9. The zero-order valence-electron chi connectivity index (χ0n) is 12.7. The molecule has 0 saturated heterocycles. The van der Waals surface area contributed by atoms with Crippen molar-refractivity contribution in [2.24, 2.45) is 0 Å². The van der Waals surface area contributed by atoms with Crippen LogP contribution in [0.2, 0.25) is 0 Å². The van der Waals surface area contributed by atoms with Crippen molar-refractivity contribution in [2.45, 2.75) is 24.5 Å². The number of hydrogen-bond donors (Lipinski definition) is 1. The van der Waals surface area contributed by atoms with Gasteiger partial charge >= 0.3 is 0 Å². The van der Waals surface area contributed by atoms with Crippen LogP contribution < -0.4 is 4.72 Å². The maximum atomic E-state index is 12.2. The lowest BCUT2D eigenvalue weighted by Gasteiger charge is -2.03. The van der Waals surface area contributed by atoms with E-state index in [9.17, 15) is 8.42 Å². The summed E-state index contributed by atoms with van der Waals surface area (Å²) in [7, 11) is -3.45. The van der Waals surface area contributed by atoms with E-state index in [-0.39, 0.29) is 6.54 Å². The number of rotatable bonds is 6. The highest BCUT2D eigenvalue weighted by atomic mass is 32.2. The summed E-state index contributed by atoms with van der Waals surface area (Å²) in [6, 6.07) is 7.31. The van der Waals surface area contributed by atoms with Crippen LogP contribution in [0.3, 0.4) is 0 Å². The van der Waals surface area contributed by atoms with Crippen LogP contribution in [0.1, 0.15) is 16.3 Å². The molecule has 3 aromatic rings. The smallest absolute Gasteiger partial charge is 0.250 e. The van der Waals surface area contributed by atoms with Crippen molar-refractivity contribution in [1.82, 2.24) is 9.71 Å². The molecule has 8 heteroatoms. The second-order valence-electron chi connectivity index (χ2n) is 5.01. The normalized spacial score (nSPS) is 11.9. The number of aromatic nitrogens is 1. The molecule has 0 aliphatic rings. The quantitative estimate of drug-likeness (QED) is 0.721. The Hall–Kier alpha value is -1.48. The molecule has 3 aromatic heterocycles. The van der Waals surface area contributed by atoms with E-state index in [4.69, 9.17) is 4.42 Å². The first-order chi connectivity index (χ1) is 11.0. The molecule has 23 heavy (non-hydrogen) atoms. The average molecular weight is 369 g/mol. The summed E-state index contributed by atoms with van der Waals surface area (Å²) in [6.07, 6.45) is 0.490. The Bertz CT molecular complexity index is 892. The van der Waals surface area contributed by atoms with Crippen LogP contribution in [-0.4, -0.2) is 19.9 Å². The zero-order chi connectivity index (χ0) is 16.4. The van der Waals surface area contributed by atoms with Crippen molar-refractivity contribution in [3.8, 4) is 10.8 Å². The van der Waals surface area contributed by atoms with E-state index in [1.165, 1.54) is 11.3 Å². The molecule has 0 bridgehead atoms. The molecule has 0 fully saturated rings. The molecule has 0 unspecified atom stereocenters. The van der Waals surface area contributed by atoms with Gasteiger partial charge in [-0.1, -0.05) is 6.07 Å². The second kappa shape index (κ2) is 6.56. The summed E-state index contributed by atoms with van der Waals surface area (Å²) in [5, 5.41) is 1.96. The molecule has 0 aliphatic heterocycles. The summed E-state index contributed by atoms with van der Waals surface area (Å²) >= 11 is 2.82. The fourth-order valence-electron chi connectivity index (χ4n) is 2.10. The van der Waals surface area contributed by atoms with Crippen LogP contribution in [0.15, 0.2) is 38.3 Å². The lowest BCUT2D eigenvalue weighted by atomic mass is 10.3. The molecule has 3 rings (SSSR count). The van der Waals surface area contributed by atoms with E-state index in [1.54, 1.807) is 23.5 Å². The van der Waals surface area contributed by atoms with Gasteiger partial charge < -0.3 is 4.42 Å². The Balaban J connectivity index is 1.65. The molecule has 1 N–H and O–H groups in total. The number of nitrogens with one attached hydrogen (secondary N) is 1. The van der Waals surface area contributed by atoms with Gasteiger partial charge in [0.05, 0.1) is 10.6 Å². The lowest BCUT2D eigenvalue weighted by Crippen LogP contribution is -2.25. The first-order valence-electron chi connectivity index (χ1n) is 7.02. The fourth-order valence-corrected chi connectivity index (χ4v) is 5.11. The number of sulfonamides is 1. The van der Waals surface area contributed by atoms with E-state index in [2.05, 4.69) is 9.71 Å². The second-order valence-corrected chi connectivity index (χ2v) is 9.24. The Kier molecular flexibility index (Phi) is 4.67. The van der Waals surface area contributed by atoms with Gasteiger partial charge in [-0.05, 0) is 37.4 Å². The van der Waals surface area contributed by atoms with E-state index >= 15 is 0 Å². The first kappa shape index (κ1) is 16.4. The number of nitrogens with zero attached hydrogens (tertiary/aromatic N) is 1. The molecular weight excluding hydrogens is 352 g/mol. The lowest BCUT2D eigenvalue weighted by molar-refractivity contribution is 0.540. The van der Waals surface area contributed by atoms with Crippen molar-refractivity contribution in [3.63, 3.8) is 0 Å². The van der Waals surface area contributed by atoms with Crippen molar-refractivity contribution in [3.05, 3.63) is 46.0 Å². The van der Waals surface area contributed by atoms with Gasteiger partial charge in [0, 0.05) is 17.8 Å². The Morgan fingerprint density at radius 2 is 2.09 bits per heavy atom. The number of thiophene rings is 2. The molecule has 122 valence electrons. The highest BCUT2D eigenvalue weighted by molar-refractivity contribution is 7.91. The standard InChI is InChI=1S/C15H16N2O3S3/c1-10-5-6-14(22-10)23(18,19)16-8-7-12-11(2)20-15(17-12)13-4-3-9-21-13/h3-6,9,16H,7-8H2,1-2H3. The topological polar surface area (TPSA) is 72.2 Å². The Labute approximate surface area is 143 Å². The van der Waals surface area contributed by atoms with Crippen molar-refractivity contribution >= 4 is 32.7 Å². The average Bonchev–Trinajstić information content (AvgIpc) is 3.20. The molecule has 3 heterocycles. The summed E-state index contributed by atoms with van der Waals surface area (Å²) in [4.78, 5) is 6.40. The third-order valence-electron chi connectivity index (χ3n) is 3.26. The van der Waals surface area contributed by atoms with Crippen LogP contribution in [0.5, 0.6) is 0 Å². The van der Waals surface area contributed by atoms with Gasteiger partial charge in [-0.15, -0.1) is 22.7 Å². The molecular formula is C15H16N2O3S3. The molecule has 0 spiro atoms. The first-order valence-corrected chi connectivity index (χ1v) is 10.2. The van der Waals surface area contributed by atoms with Crippen LogP contribution in [-0.2, 0) is 16.4 Å². The third-order valence-corrected chi connectivity index (χ3v) is 7.07. The molecule has 0 radical (unpaired) electrons. The zero-order valence-corrected chi connectivity index (χ0v) is 15.1. The van der Waals surface area contributed by atoms with Crippen LogP contribution in [0.4, 0.5) is 0 Å². The predicted molar refractivity (Wildman–Crippen MR) is 92.5 cm³/mol. The van der Waals surface area contributed by atoms with E-state index in [0.717, 1.165) is 21.2 Å². The third kappa shape index (κ3) is 3.72. The minimum absolute atomic E-state index is 0.288. The van der Waals surface area contributed by atoms with Gasteiger partial charge in [-0.25, -0.2) is 18.1 Å². The van der Waals surface area contributed by atoms with Gasteiger partial charge in [0.15, 0.2) is 0 Å². The molecule has 0 saturated carbocycles. The van der Waals surface area contributed by atoms with Gasteiger partial charge in [0.1, 0.15) is 9.97 Å². The summed E-state index contributed by atoms with van der Waals surface area (Å²) in [5.41, 5.74) is 0.776. The van der Waals surface area contributed by atoms with Crippen LogP contribution in [0.25, 0.3) is 10.8 Å². The maximum Gasteiger partial charge on any atom is 0.250 e. The summed E-state index contributed by atoms with van der Waals surface area (Å²) in [6.45, 7) is 4.02. The molecule has 0 aliphatic carbocycles. The highest BCUT2D eigenvalue weighted by Crippen LogP contribution is 2.26. The largest absolute Gasteiger partial charge is 0.440 e. The fraction of sp³-hybridized carbons (Fsp3) is 0.267. The Morgan fingerprint density at radius 3 is 2.74 bits per heavy atom. The highest BCUT2D eigenvalue weighted by Gasteiger charge is 2.17. The van der Waals surface area contributed by atoms with Crippen molar-refractivity contribution in [1.29, 1.82) is 0 Å². The van der Waals surface area contributed by atoms with Crippen LogP contribution in [0, 0.1) is 13.8 Å². The maximum absolute atomic E-state index is 12.2. The minimum atomic E-state index is -3.45. The van der Waals surface area contributed by atoms with Gasteiger partial charge in [0.2, 0.25) is 15.9 Å². The monoisotopic (exact) mass is 368 g/mol. The summed E-state index contributed by atoms with van der Waals surface area (Å²) in [5.74, 6) is 1.31. The number of hydrogen-bond acceptors (Lipinski definition) is 6. The van der Waals surface area contributed by atoms with Crippen molar-refractivity contribution in [2.75, 3.05) is 6.54 Å². The van der Waals surface area contributed by atoms with Gasteiger partial charge in [-0.2, -0.15) is 0 Å². The minimum Gasteiger partial charge on any atom is -0.440 e. The molecule has 0 aromatic carbocycles. The number of aryl methyl sites for hydroxylation is 2. The van der Waals surface area contributed by atoms with Gasteiger partial charge in [0.25, 0.3) is 0 Å². The molecule has 0 atom stereocenters. The SMILES string of the molecule is Cc1ccc(S(=O)(=O)NCCc2nc(-c3cccs3)oc2C)s1. The van der Waals surface area contributed by atoms with Crippen molar-refractivity contribution < 1.29 is 12.8 Å². The van der Waals surface area contributed by atoms with E-state index in [1.807, 2.05) is 31.4 Å². The molecule has 5 nitrogen and oxygen atoms in total. The van der Waals surface area contributed by atoms with E-state index in [0.29, 0.717) is 16.5 Å². The predicted octanol–water partition coefficient (Wildman–Crippen LogP) is 3.60. The number of oxazole rings is 1. The Morgan fingerprint density at radius 1 is 1.26 bits per heavy atom. The molecule has 0 amide bonds. The van der Waals surface area contributed by atoms with E-state index < -0.39 is 10.0 Å². The van der Waals surface area contributed by atoms with Gasteiger partial charge in [-0.3, -0.25) is 0 Å².